The van der Waals surface area contributed by atoms with Gasteiger partial charge in [-0.1, -0.05) is 48.5 Å². The molecular weight excluding hydrogens is 555 g/mol. The standard InChI is InChI=1S/C24H19IN2O7/c25-14-9-13(22(28)21(11-14)27(32)33)10-20(23(29)30)26-24(31)34-12-19-17-7-3-1-5-15(17)16-6-2-4-8-18(16)19/h1-9,11,19-20,28H,10,12H2,(H,26,31)(H,29,30). The van der Waals surface area contributed by atoms with Gasteiger partial charge in [0.25, 0.3) is 0 Å². The fourth-order valence-corrected chi connectivity index (χ4v) is 4.81. The van der Waals surface area contributed by atoms with Gasteiger partial charge < -0.3 is 20.3 Å². The average molecular weight is 574 g/mol. The minimum Gasteiger partial charge on any atom is -0.502 e. The lowest BCUT2D eigenvalue weighted by molar-refractivity contribution is -0.386. The molecular formula is C24H19IN2O7. The summed E-state index contributed by atoms with van der Waals surface area (Å²) in [6, 6.07) is 16.8. The van der Waals surface area contributed by atoms with Gasteiger partial charge in [-0.05, 0) is 50.9 Å². The minimum atomic E-state index is -1.46. The van der Waals surface area contributed by atoms with Gasteiger partial charge in [-0.2, -0.15) is 0 Å². The third kappa shape index (κ3) is 4.67. The predicted molar refractivity (Wildman–Crippen MR) is 131 cm³/mol. The molecule has 0 bridgehead atoms. The fourth-order valence-electron chi connectivity index (χ4n) is 4.14. The molecule has 3 aromatic rings. The molecule has 0 aromatic heterocycles. The Morgan fingerprint density at radius 1 is 1.09 bits per heavy atom. The van der Waals surface area contributed by atoms with Gasteiger partial charge in [-0.25, -0.2) is 9.59 Å². The Balaban J connectivity index is 1.47. The number of halogens is 1. The zero-order valence-electron chi connectivity index (χ0n) is 17.6. The third-order valence-corrected chi connectivity index (χ3v) is 6.31. The Bertz CT molecular complexity index is 1250. The quantitative estimate of drug-likeness (QED) is 0.216. The second kappa shape index (κ2) is 9.67. The van der Waals surface area contributed by atoms with Gasteiger partial charge in [0.05, 0.1) is 4.92 Å². The van der Waals surface area contributed by atoms with Crippen molar-refractivity contribution < 1.29 is 29.5 Å². The lowest BCUT2D eigenvalue weighted by Crippen LogP contribution is -2.43. The molecule has 0 fully saturated rings. The van der Waals surface area contributed by atoms with Crippen LogP contribution < -0.4 is 5.32 Å². The molecule has 4 rings (SSSR count). The summed E-state index contributed by atoms with van der Waals surface area (Å²) in [4.78, 5) is 34.6. The first-order valence-electron chi connectivity index (χ1n) is 10.3. The number of carbonyl (C=O) groups excluding carboxylic acids is 1. The van der Waals surface area contributed by atoms with Gasteiger partial charge >= 0.3 is 17.7 Å². The van der Waals surface area contributed by atoms with Gasteiger partial charge in [0, 0.05) is 27.5 Å². The highest BCUT2D eigenvalue weighted by Crippen LogP contribution is 2.44. The summed E-state index contributed by atoms with van der Waals surface area (Å²) in [5.41, 5.74) is 3.65. The number of carboxylic acids is 1. The number of aromatic hydroxyl groups is 1. The van der Waals surface area contributed by atoms with Crippen LogP contribution in [0.2, 0.25) is 0 Å². The molecule has 1 aliphatic rings. The Morgan fingerprint density at radius 2 is 1.68 bits per heavy atom. The Kier molecular flexibility index (Phi) is 6.68. The van der Waals surface area contributed by atoms with E-state index in [9.17, 15) is 29.9 Å². The van der Waals surface area contributed by atoms with E-state index < -0.39 is 34.5 Å². The number of phenols is 1. The number of hydrogen-bond acceptors (Lipinski definition) is 6. The first-order chi connectivity index (χ1) is 16.3. The van der Waals surface area contributed by atoms with Crippen LogP contribution in [0.4, 0.5) is 10.5 Å². The Hall–Kier alpha value is -3.67. The van der Waals surface area contributed by atoms with Crippen LogP contribution in [0.15, 0.2) is 60.7 Å². The number of fused-ring (bicyclic) bond motifs is 3. The number of alkyl carbamates (subject to hydrolysis) is 1. The molecule has 174 valence electrons. The van der Waals surface area contributed by atoms with Gasteiger partial charge in [-0.15, -0.1) is 0 Å². The molecule has 1 atom stereocenters. The predicted octanol–water partition coefficient (Wildman–Crippen LogP) is 4.44. The molecule has 3 N–H and O–H groups in total. The number of nitrogens with zero attached hydrogens (tertiary/aromatic N) is 1. The topological polar surface area (TPSA) is 139 Å². The van der Waals surface area contributed by atoms with Crippen molar-refractivity contribution in [2.24, 2.45) is 0 Å². The highest BCUT2D eigenvalue weighted by atomic mass is 127. The molecule has 0 aliphatic heterocycles. The van der Waals surface area contributed by atoms with E-state index in [0.29, 0.717) is 3.57 Å². The average Bonchev–Trinajstić information content (AvgIpc) is 3.13. The summed E-state index contributed by atoms with van der Waals surface area (Å²) in [6.07, 6.45) is -1.29. The number of amides is 1. The van der Waals surface area contributed by atoms with E-state index in [1.54, 1.807) is 0 Å². The van der Waals surface area contributed by atoms with E-state index >= 15 is 0 Å². The van der Waals surface area contributed by atoms with E-state index in [-0.39, 0.29) is 24.5 Å². The van der Waals surface area contributed by atoms with Crippen molar-refractivity contribution in [1.29, 1.82) is 0 Å². The molecule has 0 spiro atoms. The number of rotatable bonds is 7. The van der Waals surface area contributed by atoms with Crippen molar-refractivity contribution >= 4 is 40.3 Å². The van der Waals surface area contributed by atoms with Crippen LogP contribution in [0, 0.1) is 13.7 Å². The third-order valence-electron chi connectivity index (χ3n) is 5.69. The first kappa shape index (κ1) is 23.5. The monoisotopic (exact) mass is 574 g/mol. The second-order valence-corrected chi connectivity index (χ2v) is 9.00. The molecule has 0 heterocycles. The fraction of sp³-hybridized carbons (Fsp3) is 0.167. The molecule has 0 saturated heterocycles. The Labute approximate surface area is 207 Å². The highest BCUT2D eigenvalue weighted by molar-refractivity contribution is 14.1. The van der Waals surface area contributed by atoms with Crippen molar-refractivity contribution in [3.8, 4) is 16.9 Å². The normalized spacial score (nSPS) is 13.0. The van der Waals surface area contributed by atoms with Crippen molar-refractivity contribution in [1.82, 2.24) is 5.32 Å². The number of carbonyl (C=O) groups is 2. The molecule has 1 amide bonds. The summed E-state index contributed by atoms with van der Waals surface area (Å²) in [7, 11) is 0. The lowest BCUT2D eigenvalue weighted by Gasteiger charge is -2.18. The molecule has 9 nitrogen and oxygen atoms in total. The van der Waals surface area contributed by atoms with Gasteiger partial charge in [-0.3, -0.25) is 10.1 Å². The van der Waals surface area contributed by atoms with E-state index in [4.69, 9.17) is 4.74 Å². The van der Waals surface area contributed by atoms with Gasteiger partial charge in [0.15, 0.2) is 5.75 Å². The number of hydrogen-bond donors (Lipinski definition) is 3. The number of benzene rings is 3. The van der Waals surface area contributed by atoms with Crippen molar-refractivity contribution in [3.05, 3.63) is 91.0 Å². The van der Waals surface area contributed by atoms with Crippen molar-refractivity contribution in [2.75, 3.05) is 6.61 Å². The van der Waals surface area contributed by atoms with Gasteiger partial charge in [0.2, 0.25) is 0 Å². The molecule has 0 saturated carbocycles. The maximum absolute atomic E-state index is 12.5. The maximum Gasteiger partial charge on any atom is 0.407 e. The summed E-state index contributed by atoms with van der Waals surface area (Å²) in [5, 5.41) is 33.2. The Morgan fingerprint density at radius 3 is 2.24 bits per heavy atom. The minimum absolute atomic E-state index is 0.00611. The van der Waals surface area contributed by atoms with Crippen LogP contribution in [0.1, 0.15) is 22.6 Å². The van der Waals surface area contributed by atoms with Crippen LogP contribution in [-0.2, 0) is 16.0 Å². The van der Waals surface area contributed by atoms with Crippen LogP contribution in [-0.4, -0.2) is 39.8 Å². The van der Waals surface area contributed by atoms with E-state index in [2.05, 4.69) is 5.32 Å². The molecule has 1 unspecified atom stereocenters. The van der Waals surface area contributed by atoms with Crippen molar-refractivity contribution in [3.63, 3.8) is 0 Å². The number of aliphatic carboxylic acids is 1. The van der Waals surface area contributed by atoms with E-state index in [0.717, 1.165) is 22.3 Å². The molecule has 0 radical (unpaired) electrons. The van der Waals surface area contributed by atoms with Crippen LogP contribution >= 0.6 is 22.6 Å². The SMILES string of the molecule is O=C(NC(Cc1cc(I)cc([N+](=O)[O-])c1O)C(=O)O)OCC1c2ccccc2-c2ccccc21. The van der Waals surface area contributed by atoms with Crippen LogP contribution in [0.25, 0.3) is 11.1 Å². The molecule has 1 aliphatic carbocycles. The molecule has 10 heteroatoms. The number of ether oxygens (including phenoxy) is 1. The molecule has 3 aromatic carbocycles. The van der Waals surface area contributed by atoms with Crippen molar-refractivity contribution in [2.45, 2.75) is 18.4 Å². The number of nitrogens with one attached hydrogen (secondary N) is 1. The van der Waals surface area contributed by atoms with Crippen LogP contribution in [0.3, 0.4) is 0 Å². The zero-order chi connectivity index (χ0) is 24.4. The second-order valence-electron chi connectivity index (χ2n) is 7.75. The highest BCUT2D eigenvalue weighted by Gasteiger charge is 2.30. The lowest BCUT2D eigenvalue weighted by atomic mass is 9.98. The van der Waals surface area contributed by atoms with E-state index in [1.807, 2.05) is 71.1 Å². The smallest absolute Gasteiger partial charge is 0.407 e. The van der Waals surface area contributed by atoms with E-state index in [1.165, 1.54) is 12.1 Å². The number of carboxylic acid groups (broad SMARTS) is 1. The zero-order valence-corrected chi connectivity index (χ0v) is 19.8. The van der Waals surface area contributed by atoms with Gasteiger partial charge in [0.1, 0.15) is 12.6 Å². The van der Waals surface area contributed by atoms with Crippen LogP contribution in [0.5, 0.6) is 5.75 Å². The maximum atomic E-state index is 12.5. The summed E-state index contributed by atoms with van der Waals surface area (Å²) in [6.45, 7) is 0.00611. The summed E-state index contributed by atoms with van der Waals surface area (Å²) >= 11 is 1.83. The molecule has 34 heavy (non-hydrogen) atoms. The number of nitro benzene ring substituents is 1. The first-order valence-corrected chi connectivity index (χ1v) is 11.3. The largest absolute Gasteiger partial charge is 0.502 e. The summed E-state index contributed by atoms with van der Waals surface area (Å²) in [5.74, 6) is -2.19. The summed E-state index contributed by atoms with van der Waals surface area (Å²) < 4.78 is 5.84. The number of nitro groups is 1. The number of phenolic OH excluding ortho intramolecular Hbond substituents is 1.